The Hall–Kier alpha value is -0.0800. The third-order valence-corrected chi connectivity index (χ3v) is 5.28. The van der Waals surface area contributed by atoms with Gasteiger partial charge in [-0.25, -0.2) is 0 Å². The average Bonchev–Trinajstić information content (AvgIpc) is 2.60. The van der Waals surface area contributed by atoms with Crippen molar-refractivity contribution >= 4 is 0 Å². The Kier molecular flexibility index (Phi) is 4.71. The first-order valence-corrected chi connectivity index (χ1v) is 7.86. The number of aliphatic hydroxyl groups excluding tert-OH is 1. The molecule has 0 aromatic rings. The summed E-state index contributed by atoms with van der Waals surface area (Å²) in [5, 5.41) is 13.3. The lowest BCUT2D eigenvalue weighted by molar-refractivity contribution is 0.129. The first kappa shape index (κ1) is 14.3. The molecule has 2 heteroatoms. The molecule has 18 heavy (non-hydrogen) atoms. The first-order valence-electron chi connectivity index (χ1n) is 7.86. The van der Waals surface area contributed by atoms with Gasteiger partial charge in [0.1, 0.15) is 0 Å². The van der Waals surface area contributed by atoms with Crippen molar-refractivity contribution in [3.63, 3.8) is 0 Å². The first-order chi connectivity index (χ1) is 8.52. The Bertz CT molecular complexity index is 262. The zero-order chi connectivity index (χ0) is 13.2. The lowest BCUT2D eigenvalue weighted by atomic mass is 9.79. The Morgan fingerprint density at radius 2 is 1.78 bits per heavy atom. The summed E-state index contributed by atoms with van der Waals surface area (Å²) in [5.74, 6) is 2.06. The molecule has 2 aliphatic rings. The van der Waals surface area contributed by atoms with Gasteiger partial charge >= 0.3 is 0 Å². The Balaban J connectivity index is 1.80. The van der Waals surface area contributed by atoms with Crippen LogP contribution in [0.2, 0.25) is 0 Å². The van der Waals surface area contributed by atoms with Crippen LogP contribution in [0.5, 0.6) is 0 Å². The molecule has 2 aliphatic carbocycles. The van der Waals surface area contributed by atoms with E-state index in [0.717, 1.165) is 12.5 Å². The second-order valence-electron chi connectivity index (χ2n) is 7.55. The fourth-order valence-corrected chi connectivity index (χ4v) is 4.26. The highest BCUT2D eigenvalue weighted by Gasteiger charge is 2.37. The van der Waals surface area contributed by atoms with E-state index in [1.807, 2.05) is 0 Å². The summed E-state index contributed by atoms with van der Waals surface area (Å²) in [5.41, 5.74) is 0.514. The molecule has 0 amide bonds. The van der Waals surface area contributed by atoms with Crippen LogP contribution in [0.3, 0.4) is 0 Å². The number of hydrogen-bond acceptors (Lipinski definition) is 2. The molecular formula is C16H31NO. The number of rotatable bonds is 4. The fourth-order valence-electron chi connectivity index (χ4n) is 4.26. The molecule has 0 aliphatic heterocycles. The largest absolute Gasteiger partial charge is 0.396 e. The van der Waals surface area contributed by atoms with Crippen LogP contribution in [0.25, 0.3) is 0 Å². The third kappa shape index (κ3) is 3.48. The average molecular weight is 253 g/mol. The minimum Gasteiger partial charge on any atom is -0.396 e. The molecule has 2 nitrogen and oxygen atoms in total. The predicted octanol–water partition coefficient (Wildman–Crippen LogP) is 3.20. The summed E-state index contributed by atoms with van der Waals surface area (Å²) in [4.78, 5) is 0. The van der Waals surface area contributed by atoms with Gasteiger partial charge in [0.05, 0.1) is 0 Å². The second-order valence-corrected chi connectivity index (χ2v) is 7.55. The summed E-state index contributed by atoms with van der Waals surface area (Å²) in [7, 11) is 0. The van der Waals surface area contributed by atoms with Gasteiger partial charge in [-0.1, -0.05) is 33.6 Å². The summed E-state index contributed by atoms with van der Waals surface area (Å²) in [6.45, 7) is 8.68. The fraction of sp³-hybridized carbons (Fsp3) is 1.00. The highest BCUT2D eigenvalue weighted by Crippen LogP contribution is 2.41. The van der Waals surface area contributed by atoms with Gasteiger partial charge in [-0.05, 0) is 55.4 Å². The van der Waals surface area contributed by atoms with Gasteiger partial charge in [0.15, 0.2) is 0 Å². The number of nitrogens with one attached hydrogen (secondary N) is 1. The molecule has 0 saturated heterocycles. The highest BCUT2D eigenvalue weighted by atomic mass is 16.3. The molecule has 4 unspecified atom stereocenters. The van der Waals surface area contributed by atoms with E-state index < -0.39 is 0 Å². The van der Waals surface area contributed by atoms with E-state index in [2.05, 4.69) is 26.1 Å². The van der Waals surface area contributed by atoms with Gasteiger partial charge in [0.25, 0.3) is 0 Å². The van der Waals surface area contributed by atoms with E-state index in [-0.39, 0.29) is 0 Å². The molecule has 4 atom stereocenters. The van der Waals surface area contributed by atoms with E-state index in [4.69, 9.17) is 0 Å². The zero-order valence-corrected chi connectivity index (χ0v) is 12.4. The molecule has 2 fully saturated rings. The minimum atomic E-state index is 0.387. The van der Waals surface area contributed by atoms with Crippen LogP contribution >= 0.6 is 0 Å². The highest BCUT2D eigenvalue weighted by molar-refractivity contribution is 4.92. The van der Waals surface area contributed by atoms with Crippen LogP contribution in [0.4, 0.5) is 0 Å². The second kappa shape index (κ2) is 5.92. The Morgan fingerprint density at radius 1 is 1.11 bits per heavy atom. The maximum Gasteiger partial charge on any atom is 0.0462 e. The van der Waals surface area contributed by atoms with Crippen molar-refractivity contribution in [2.45, 2.75) is 65.3 Å². The van der Waals surface area contributed by atoms with Crippen LogP contribution in [-0.2, 0) is 0 Å². The molecule has 0 spiro atoms. The van der Waals surface area contributed by atoms with Gasteiger partial charge in [-0.3, -0.25) is 0 Å². The van der Waals surface area contributed by atoms with Crippen LogP contribution < -0.4 is 5.32 Å². The van der Waals surface area contributed by atoms with Gasteiger partial charge in [-0.2, -0.15) is 0 Å². The maximum atomic E-state index is 9.46. The van der Waals surface area contributed by atoms with Crippen LogP contribution in [0, 0.1) is 23.2 Å². The van der Waals surface area contributed by atoms with E-state index in [9.17, 15) is 5.11 Å². The zero-order valence-electron chi connectivity index (χ0n) is 12.4. The van der Waals surface area contributed by atoms with E-state index in [1.54, 1.807) is 0 Å². The molecule has 106 valence electrons. The van der Waals surface area contributed by atoms with Crippen molar-refractivity contribution in [3.8, 4) is 0 Å². The minimum absolute atomic E-state index is 0.387. The summed E-state index contributed by atoms with van der Waals surface area (Å²) in [6, 6.07) is 0.696. The van der Waals surface area contributed by atoms with E-state index in [0.29, 0.717) is 29.9 Å². The predicted molar refractivity (Wildman–Crippen MR) is 76.5 cm³/mol. The van der Waals surface area contributed by atoms with Crippen molar-refractivity contribution in [3.05, 3.63) is 0 Å². The molecule has 2 rings (SSSR count). The topological polar surface area (TPSA) is 32.3 Å². The molecule has 0 radical (unpaired) electrons. The van der Waals surface area contributed by atoms with Crippen LogP contribution in [-0.4, -0.2) is 24.3 Å². The summed E-state index contributed by atoms with van der Waals surface area (Å²) >= 11 is 0. The van der Waals surface area contributed by atoms with Crippen LogP contribution in [0.15, 0.2) is 0 Å². The van der Waals surface area contributed by atoms with Crippen molar-refractivity contribution in [1.82, 2.24) is 5.32 Å². The van der Waals surface area contributed by atoms with Gasteiger partial charge < -0.3 is 10.4 Å². The molecule has 2 saturated carbocycles. The molecule has 0 aromatic heterocycles. The third-order valence-electron chi connectivity index (χ3n) is 5.28. The Morgan fingerprint density at radius 3 is 2.33 bits per heavy atom. The normalized spacial score (nSPS) is 40.0. The van der Waals surface area contributed by atoms with Gasteiger partial charge in [-0.15, -0.1) is 0 Å². The van der Waals surface area contributed by atoms with Crippen molar-refractivity contribution in [2.24, 2.45) is 23.2 Å². The summed E-state index contributed by atoms with van der Waals surface area (Å²) in [6.07, 6.45) is 7.86. The smallest absolute Gasteiger partial charge is 0.0462 e. The van der Waals surface area contributed by atoms with Crippen molar-refractivity contribution in [2.75, 3.05) is 13.2 Å². The maximum absolute atomic E-state index is 9.46. The van der Waals surface area contributed by atoms with Crippen molar-refractivity contribution in [1.29, 1.82) is 0 Å². The molecule has 0 bridgehead atoms. The summed E-state index contributed by atoms with van der Waals surface area (Å²) < 4.78 is 0. The van der Waals surface area contributed by atoms with E-state index >= 15 is 0 Å². The molecule has 2 N–H and O–H groups in total. The number of aliphatic hydroxyl groups is 1. The quantitative estimate of drug-likeness (QED) is 0.806. The Labute approximate surface area is 113 Å². The lowest BCUT2D eigenvalue weighted by Crippen LogP contribution is -2.39. The van der Waals surface area contributed by atoms with E-state index in [1.165, 1.54) is 38.5 Å². The van der Waals surface area contributed by atoms with Crippen LogP contribution in [0.1, 0.15) is 59.3 Å². The standard InChI is InChI=1S/C16H31NO/c1-12-8-16(2,3)9-15(12)17-10-13-6-4-5-7-14(13)11-18/h12-15,17-18H,4-11H2,1-3H3. The molecule has 0 aromatic carbocycles. The molecule has 0 heterocycles. The monoisotopic (exact) mass is 253 g/mol. The lowest BCUT2D eigenvalue weighted by Gasteiger charge is -2.32. The van der Waals surface area contributed by atoms with Gasteiger partial charge in [0.2, 0.25) is 0 Å². The molecular weight excluding hydrogens is 222 g/mol. The van der Waals surface area contributed by atoms with Gasteiger partial charge in [0, 0.05) is 12.6 Å². The number of hydrogen-bond donors (Lipinski definition) is 2. The SMILES string of the molecule is CC1CC(C)(C)CC1NCC1CCCCC1CO. The van der Waals surface area contributed by atoms with Crippen molar-refractivity contribution < 1.29 is 5.11 Å².